The van der Waals surface area contributed by atoms with Gasteiger partial charge >= 0.3 is 0 Å². The average Bonchev–Trinajstić information content (AvgIpc) is 2.79. The maximum atomic E-state index is 11.6. The first-order valence-electron chi connectivity index (χ1n) is 11.1. The van der Waals surface area contributed by atoms with Gasteiger partial charge in [-0.2, -0.15) is 0 Å². The highest BCUT2D eigenvalue weighted by Crippen LogP contribution is 2.21. The maximum absolute atomic E-state index is 11.6. The molecule has 1 heterocycles. The first-order valence-corrected chi connectivity index (χ1v) is 12.9. The molecule has 1 aliphatic rings. The lowest BCUT2D eigenvalue weighted by Crippen LogP contribution is -2.46. The third-order valence-electron chi connectivity index (χ3n) is 5.57. The predicted octanol–water partition coefficient (Wildman–Crippen LogP) is 2.92. The molecule has 1 saturated heterocycles. The smallest absolute Gasteiger partial charge is 0.191 e. The topological polar surface area (TPSA) is 73.8 Å². The average molecular weight is 571 g/mol. The van der Waals surface area contributed by atoms with Crippen LogP contribution >= 0.6 is 24.0 Å². The third-order valence-corrected chi connectivity index (χ3v) is 7.18. The highest BCUT2D eigenvalue weighted by molar-refractivity contribution is 14.0. The van der Waals surface area contributed by atoms with Crippen LogP contribution in [0.25, 0.3) is 0 Å². The van der Waals surface area contributed by atoms with Gasteiger partial charge in [-0.1, -0.05) is 60.7 Å². The second-order valence-corrected chi connectivity index (χ2v) is 10.2. The quantitative estimate of drug-likeness (QED) is 0.276. The van der Waals surface area contributed by atoms with E-state index >= 15 is 0 Å². The summed E-state index contributed by atoms with van der Waals surface area (Å²) < 4.78 is 23.2. The Morgan fingerprint density at radius 2 is 1.62 bits per heavy atom. The molecule has 0 aromatic heterocycles. The summed E-state index contributed by atoms with van der Waals surface area (Å²) in [7, 11) is -2.83. The van der Waals surface area contributed by atoms with Crippen molar-refractivity contribution in [2.45, 2.75) is 19.3 Å². The largest absolute Gasteiger partial charge is 0.357 e. The number of guanidine groups is 1. The van der Waals surface area contributed by atoms with Crippen LogP contribution in [0.4, 0.5) is 0 Å². The SMILES string of the molecule is CCNC(=NCC(Cc1ccccc1)c1ccccc1)NCCN1CCS(=O)(=O)CC1.I. The Labute approximate surface area is 209 Å². The second-order valence-electron chi connectivity index (χ2n) is 7.94. The van der Waals surface area contributed by atoms with Gasteiger partial charge in [0.05, 0.1) is 11.5 Å². The zero-order chi connectivity index (χ0) is 21.9. The van der Waals surface area contributed by atoms with Crippen LogP contribution in [0, 0.1) is 0 Å². The number of benzene rings is 2. The van der Waals surface area contributed by atoms with Crippen molar-refractivity contribution in [3.63, 3.8) is 0 Å². The molecular weight excluding hydrogens is 535 g/mol. The van der Waals surface area contributed by atoms with Crippen LogP contribution in [-0.2, 0) is 16.3 Å². The number of aliphatic imine (C=N–C) groups is 1. The first-order chi connectivity index (χ1) is 15.1. The van der Waals surface area contributed by atoms with Gasteiger partial charge in [-0.15, -0.1) is 24.0 Å². The normalized spacial score (nSPS) is 17.2. The summed E-state index contributed by atoms with van der Waals surface area (Å²) in [5.74, 6) is 1.63. The summed E-state index contributed by atoms with van der Waals surface area (Å²) in [6.07, 6.45) is 0.940. The molecule has 0 saturated carbocycles. The van der Waals surface area contributed by atoms with E-state index in [4.69, 9.17) is 4.99 Å². The van der Waals surface area contributed by atoms with Gasteiger partial charge in [-0.05, 0) is 24.5 Å². The highest BCUT2D eigenvalue weighted by atomic mass is 127. The Bertz CT molecular complexity index is 910. The van der Waals surface area contributed by atoms with Crippen LogP contribution in [0.1, 0.15) is 24.0 Å². The van der Waals surface area contributed by atoms with Crippen LogP contribution in [0.15, 0.2) is 65.7 Å². The molecule has 176 valence electrons. The summed E-state index contributed by atoms with van der Waals surface area (Å²) in [6, 6.07) is 21.1. The molecule has 1 atom stereocenters. The summed E-state index contributed by atoms with van der Waals surface area (Å²) in [5.41, 5.74) is 2.60. The molecule has 6 nitrogen and oxygen atoms in total. The Kier molecular flexibility index (Phi) is 11.5. The fraction of sp³-hybridized carbons (Fsp3) is 0.458. The van der Waals surface area contributed by atoms with E-state index in [1.165, 1.54) is 11.1 Å². The molecule has 0 aliphatic carbocycles. The molecule has 32 heavy (non-hydrogen) atoms. The molecule has 1 fully saturated rings. The second kappa shape index (κ2) is 13.8. The van der Waals surface area contributed by atoms with Crippen LogP contribution in [-0.4, -0.2) is 70.1 Å². The summed E-state index contributed by atoms with van der Waals surface area (Å²) in [4.78, 5) is 7.07. The summed E-state index contributed by atoms with van der Waals surface area (Å²) in [5, 5.41) is 6.74. The Hall–Kier alpha value is -1.65. The van der Waals surface area contributed by atoms with Gasteiger partial charge in [-0.3, -0.25) is 9.89 Å². The number of hydrogen-bond donors (Lipinski definition) is 2. The molecule has 0 radical (unpaired) electrons. The summed E-state index contributed by atoms with van der Waals surface area (Å²) in [6.45, 7) is 6.33. The van der Waals surface area contributed by atoms with Crippen LogP contribution in [0.5, 0.6) is 0 Å². The standard InChI is InChI=1S/C24H34N4O2S.HI/c1-2-25-24(26-13-14-28-15-17-31(29,30)18-16-28)27-20-23(22-11-7-4-8-12-22)19-21-9-5-3-6-10-21;/h3-12,23H,2,13-20H2,1H3,(H2,25,26,27);1H. The van der Waals surface area contributed by atoms with Crippen LogP contribution < -0.4 is 10.6 Å². The van der Waals surface area contributed by atoms with Crippen molar-refractivity contribution in [3.05, 3.63) is 71.8 Å². The van der Waals surface area contributed by atoms with Crippen molar-refractivity contribution in [1.82, 2.24) is 15.5 Å². The molecule has 0 bridgehead atoms. The zero-order valence-corrected chi connectivity index (χ0v) is 21.9. The minimum atomic E-state index is -2.83. The van der Waals surface area contributed by atoms with Crippen LogP contribution in [0.3, 0.4) is 0 Å². The number of rotatable bonds is 9. The van der Waals surface area contributed by atoms with E-state index in [0.29, 0.717) is 25.6 Å². The van der Waals surface area contributed by atoms with Crippen molar-refractivity contribution in [1.29, 1.82) is 0 Å². The van der Waals surface area contributed by atoms with E-state index in [9.17, 15) is 8.42 Å². The fourth-order valence-corrected chi connectivity index (χ4v) is 5.04. The monoisotopic (exact) mass is 570 g/mol. The summed E-state index contributed by atoms with van der Waals surface area (Å²) >= 11 is 0. The van der Waals surface area contributed by atoms with E-state index in [2.05, 4.69) is 71.0 Å². The van der Waals surface area contributed by atoms with Crippen molar-refractivity contribution < 1.29 is 8.42 Å². The minimum Gasteiger partial charge on any atom is -0.357 e. The van der Waals surface area contributed by atoms with E-state index < -0.39 is 9.84 Å². The van der Waals surface area contributed by atoms with Gasteiger partial charge in [-0.25, -0.2) is 8.42 Å². The molecule has 0 amide bonds. The fourth-order valence-electron chi connectivity index (χ4n) is 3.76. The van der Waals surface area contributed by atoms with Crippen molar-refractivity contribution in [2.75, 3.05) is 50.8 Å². The van der Waals surface area contributed by atoms with Crippen molar-refractivity contribution in [3.8, 4) is 0 Å². The number of halogens is 1. The van der Waals surface area contributed by atoms with Crippen LogP contribution in [0.2, 0.25) is 0 Å². The van der Waals surface area contributed by atoms with E-state index in [1.807, 2.05) is 12.1 Å². The minimum absolute atomic E-state index is 0. The van der Waals surface area contributed by atoms with E-state index in [0.717, 1.165) is 32.0 Å². The highest BCUT2D eigenvalue weighted by Gasteiger charge is 2.21. The Morgan fingerprint density at radius 1 is 1.00 bits per heavy atom. The van der Waals surface area contributed by atoms with Gasteiger partial charge in [0.2, 0.25) is 0 Å². The first kappa shape index (κ1) is 26.6. The number of sulfone groups is 1. The van der Waals surface area contributed by atoms with Crippen molar-refractivity contribution in [2.24, 2.45) is 4.99 Å². The Balaban J connectivity index is 0.00000363. The number of hydrogen-bond acceptors (Lipinski definition) is 4. The van der Waals surface area contributed by atoms with E-state index in [-0.39, 0.29) is 35.5 Å². The van der Waals surface area contributed by atoms with E-state index in [1.54, 1.807) is 0 Å². The zero-order valence-electron chi connectivity index (χ0n) is 18.7. The lowest BCUT2D eigenvalue weighted by molar-refractivity contribution is 0.299. The molecule has 8 heteroatoms. The lowest BCUT2D eigenvalue weighted by Gasteiger charge is -2.26. The molecule has 0 spiro atoms. The third kappa shape index (κ3) is 9.07. The molecular formula is C24H35IN4O2S. The lowest BCUT2D eigenvalue weighted by atomic mass is 9.92. The van der Waals surface area contributed by atoms with Gasteiger partial charge < -0.3 is 10.6 Å². The molecule has 2 N–H and O–H groups in total. The van der Waals surface area contributed by atoms with Gasteiger partial charge in [0.1, 0.15) is 0 Å². The van der Waals surface area contributed by atoms with Gasteiger partial charge in [0.25, 0.3) is 0 Å². The molecule has 1 unspecified atom stereocenters. The molecule has 1 aliphatic heterocycles. The predicted molar refractivity (Wildman–Crippen MR) is 144 cm³/mol. The maximum Gasteiger partial charge on any atom is 0.191 e. The Morgan fingerprint density at radius 3 is 2.25 bits per heavy atom. The molecule has 2 aromatic carbocycles. The number of nitrogens with one attached hydrogen (secondary N) is 2. The van der Waals surface area contributed by atoms with Crippen molar-refractivity contribution >= 4 is 39.8 Å². The van der Waals surface area contributed by atoms with Gasteiger partial charge in [0.15, 0.2) is 15.8 Å². The molecule has 2 aromatic rings. The van der Waals surface area contributed by atoms with Gasteiger partial charge in [0, 0.05) is 45.2 Å². The number of nitrogens with zero attached hydrogens (tertiary/aromatic N) is 2. The molecule has 3 rings (SSSR count).